The van der Waals surface area contributed by atoms with E-state index in [0.29, 0.717) is 28.8 Å². The minimum atomic E-state index is -3.68. The van der Waals surface area contributed by atoms with Gasteiger partial charge < -0.3 is 10.1 Å². The summed E-state index contributed by atoms with van der Waals surface area (Å²) in [6.07, 6.45) is 2.70. The zero-order valence-electron chi connectivity index (χ0n) is 14.7. The van der Waals surface area contributed by atoms with E-state index in [0.717, 1.165) is 19.3 Å². The number of anilines is 1. The van der Waals surface area contributed by atoms with Crippen molar-refractivity contribution in [3.63, 3.8) is 0 Å². The van der Waals surface area contributed by atoms with Gasteiger partial charge in [0.1, 0.15) is 5.75 Å². The van der Waals surface area contributed by atoms with Crippen LogP contribution >= 0.6 is 11.6 Å². The first-order chi connectivity index (χ1) is 12.9. The van der Waals surface area contributed by atoms with E-state index in [4.69, 9.17) is 16.3 Å². The molecule has 0 spiro atoms. The molecule has 0 aliphatic carbocycles. The molecule has 142 valence electrons. The van der Waals surface area contributed by atoms with Crippen LogP contribution in [0.1, 0.15) is 36.5 Å². The summed E-state index contributed by atoms with van der Waals surface area (Å²) in [5.74, 6) is 0.320. The second kappa shape index (κ2) is 6.82. The fourth-order valence-electron chi connectivity index (χ4n) is 3.50. The Morgan fingerprint density at radius 1 is 1.15 bits per heavy atom. The number of amides is 1. The minimum Gasteiger partial charge on any atom is -0.454 e. The number of carbonyl (C=O) groups excluding carboxylic acids is 1. The third-order valence-electron chi connectivity index (χ3n) is 4.95. The van der Waals surface area contributed by atoms with Crippen LogP contribution in [0, 0.1) is 0 Å². The summed E-state index contributed by atoms with van der Waals surface area (Å²) in [7, 11) is -3.68. The monoisotopic (exact) mass is 406 g/mol. The molecule has 1 amide bonds. The van der Waals surface area contributed by atoms with Crippen LogP contribution in [0.25, 0.3) is 0 Å². The first-order valence-corrected chi connectivity index (χ1v) is 10.6. The Kier molecular flexibility index (Phi) is 4.61. The van der Waals surface area contributed by atoms with Crippen LogP contribution in [0.15, 0.2) is 41.3 Å². The Morgan fingerprint density at radius 3 is 2.70 bits per heavy atom. The summed E-state index contributed by atoms with van der Waals surface area (Å²) >= 11 is 5.98. The number of piperidine rings is 1. The fourth-order valence-corrected chi connectivity index (χ4v) is 5.40. The summed E-state index contributed by atoms with van der Waals surface area (Å²) in [6, 6.07) is 9.26. The second-order valence-electron chi connectivity index (χ2n) is 6.82. The van der Waals surface area contributed by atoms with Crippen molar-refractivity contribution < 1.29 is 17.9 Å². The highest BCUT2D eigenvalue weighted by Gasteiger charge is 2.32. The van der Waals surface area contributed by atoms with E-state index in [-0.39, 0.29) is 16.5 Å². The molecule has 4 rings (SSSR count). The van der Waals surface area contributed by atoms with Gasteiger partial charge >= 0.3 is 0 Å². The Labute approximate surface area is 163 Å². The number of carbonyl (C=O) groups is 1. The molecule has 1 N–H and O–H groups in total. The molecule has 2 aromatic rings. The van der Waals surface area contributed by atoms with Gasteiger partial charge in [-0.25, -0.2) is 8.42 Å². The van der Waals surface area contributed by atoms with Crippen LogP contribution in [0.2, 0.25) is 5.02 Å². The fraction of sp³-hybridized carbons (Fsp3) is 0.316. The van der Waals surface area contributed by atoms with Crippen LogP contribution in [0.4, 0.5) is 5.69 Å². The number of benzene rings is 2. The highest BCUT2D eigenvalue weighted by atomic mass is 35.5. The van der Waals surface area contributed by atoms with Gasteiger partial charge in [-0.1, -0.05) is 18.0 Å². The maximum Gasteiger partial charge on any atom is 0.259 e. The van der Waals surface area contributed by atoms with Gasteiger partial charge in [0, 0.05) is 17.6 Å². The minimum absolute atomic E-state index is 0.0565. The highest BCUT2D eigenvalue weighted by molar-refractivity contribution is 7.89. The number of halogens is 1. The van der Waals surface area contributed by atoms with Crippen molar-refractivity contribution in [3.05, 3.63) is 47.0 Å². The number of hydrogen-bond donors (Lipinski definition) is 1. The molecule has 8 heteroatoms. The van der Waals surface area contributed by atoms with Crippen LogP contribution in [-0.2, 0) is 10.0 Å². The third-order valence-corrected chi connectivity index (χ3v) is 7.20. The van der Waals surface area contributed by atoms with Gasteiger partial charge in [-0.15, -0.1) is 0 Å². The Bertz CT molecular complexity index is 1020. The first kappa shape index (κ1) is 18.3. The molecule has 0 aromatic heterocycles. The molecule has 2 aliphatic rings. The molecule has 1 saturated heterocycles. The van der Waals surface area contributed by atoms with E-state index in [2.05, 4.69) is 5.32 Å². The van der Waals surface area contributed by atoms with Gasteiger partial charge in [0.15, 0.2) is 5.75 Å². The molecule has 0 saturated carbocycles. The van der Waals surface area contributed by atoms with Crippen molar-refractivity contribution in [1.82, 2.24) is 4.31 Å². The number of rotatable bonds is 2. The molecule has 0 bridgehead atoms. The summed E-state index contributed by atoms with van der Waals surface area (Å²) < 4.78 is 33.5. The average molecular weight is 407 g/mol. The highest BCUT2D eigenvalue weighted by Crippen LogP contribution is 2.38. The number of nitrogens with one attached hydrogen (secondary N) is 1. The van der Waals surface area contributed by atoms with Gasteiger partial charge in [0.05, 0.1) is 16.1 Å². The summed E-state index contributed by atoms with van der Waals surface area (Å²) in [6.45, 7) is 2.41. The zero-order valence-corrected chi connectivity index (χ0v) is 16.3. The maximum atomic E-state index is 13.1. The molecule has 0 radical (unpaired) electrons. The molecule has 2 aromatic carbocycles. The van der Waals surface area contributed by atoms with Gasteiger partial charge in [-0.2, -0.15) is 4.31 Å². The molecule has 1 fully saturated rings. The maximum absolute atomic E-state index is 13.1. The van der Waals surface area contributed by atoms with Crippen molar-refractivity contribution in [3.8, 4) is 11.5 Å². The normalized spacial score (nSPS) is 20.1. The molecular weight excluding hydrogens is 388 g/mol. The zero-order chi connectivity index (χ0) is 19.2. The smallest absolute Gasteiger partial charge is 0.259 e. The Morgan fingerprint density at radius 2 is 1.93 bits per heavy atom. The molecule has 6 nitrogen and oxygen atoms in total. The number of hydrogen-bond acceptors (Lipinski definition) is 4. The van der Waals surface area contributed by atoms with E-state index in [1.807, 2.05) is 6.92 Å². The third kappa shape index (κ3) is 3.31. The van der Waals surface area contributed by atoms with Crippen LogP contribution in [0.5, 0.6) is 11.5 Å². The molecule has 1 unspecified atom stereocenters. The second-order valence-corrected chi connectivity index (χ2v) is 9.14. The van der Waals surface area contributed by atoms with Gasteiger partial charge in [0.25, 0.3) is 5.91 Å². The Hall–Kier alpha value is -2.09. The van der Waals surface area contributed by atoms with E-state index in [1.54, 1.807) is 18.2 Å². The topological polar surface area (TPSA) is 75.7 Å². The van der Waals surface area contributed by atoms with Crippen LogP contribution in [-0.4, -0.2) is 31.2 Å². The standard InChI is InChI=1S/C19H19ClN2O4S/c1-12-4-2-3-9-22(12)27(24,25)14-6-8-17-15(11-14)19(23)21-16-10-13(20)5-7-18(16)26-17/h5-8,10-12H,2-4,9H2,1H3,(H,21,23). The largest absolute Gasteiger partial charge is 0.454 e. The van der Waals surface area contributed by atoms with Crippen LogP contribution < -0.4 is 10.1 Å². The first-order valence-electron chi connectivity index (χ1n) is 8.81. The van der Waals surface area contributed by atoms with Crippen molar-refractivity contribution >= 4 is 33.2 Å². The van der Waals surface area contributed by atoms with E-state index < -0.39 is 15.9 Å². The predicted octanol–water partition coefficient (Wildman–Crippen LogP) is 4.26. The lowest BCUT2D eigenvalue weighted by molar-refractivity contribution is 0.102. The lowest BCUT2D eigenvalue weighted by Crippen LogP contribution is -2.41. The average Bonchev–Trinajstić information content (AvgIpc) is 2.77. The van der Waals surface area contributed by atoms with E-state index >= 15 is 0 Å². The van der Waals surface area contributed by atoms with Gasteiger partial charge in [-0.3, -0.25) is 4.79 Å². The lowest BCUT2D eigenvalue weighted by atomic mass is 10.1. The lowest BCUT2D eigenvalue weighted by Gasteiger charge is -2.32. The summed E-state index contributed by atoms with van der Waals surface area (Å²) in [5, 5.41) is 3.19. The molecule has 1 atom stereocenters. The van der Waals surface area contributed by atoms with Crippen molar-refractivity contribution in [2.24, 2.45) is 0 Å². The van der Waals surface area contributed by atoms with Gasteiger partial charge in [-0.05, 0) is 56.2 Å². The number of ether oxygens (including phenoxy) is 1. The number of nitrogens with zero attached hydrogens (tertiary/aromatic N) is 1. The number of sulfonamides is 1. The predicted molar refractivity (Wildman–Crippen MR) is 103 cm³/mol. The van der Waals surface area contributed by atoms with E-state index in [9.17, 15) is 13.2 Å². The van der Waals surface area contributed by atoms with Crippen molar-refractivity contribution in [1.29, 1.82) is 0 Å². The quantitative estimate of drug-likeness (QED) is 0.808. The number of fused-ring (bicyclic) bond motifs is 2. The van der Waals surface area contributed by atoms with Crippen molar-refractivity contribution in [2.75, 3.05) is 11.9 Å². The Balaban J connectivity index is 1.73. The SMILES string of the molecule is CC1CCCCN1S(=O)(=O)c1ccc2c(c1)C(=O)Nc1cc(Cl)ccc1O2. The molecular formula is C19H19ClN2O4S. The summed E-state index contributed by atoms with van der Waals surface area (Å²) in [4.78, 5) is 12.8. The molecule has 2 heterocycles. The van der Waals surface area contributed by atoms with Gasteiger partial charge in [0.2, 0.25) is 10.0 Å². The summed E-state index contributed by atoms with van der Waals surface area (Å²) in [5.41, 5.74) is 0.616. The van der Waals surface area contributed by atoms with Crippen molar-refractivity contribution in [2.45, 2.75) is 37.1 Å². The van der Waals surface area contributed by atoms with E-state index in [1.165, 1.54) is 22.5 Å². The molecule has 27 heavy (non-hydrogen) atoms. The van der Waals surface area contributed by atoms with Crippen LogP contribution in [0.3, 0.4) is 0 Å². The molecule has 2 aliphatic heterocycles.